The molecule has 1 saturated heterocycles. The number of piperazine rings is 1. The number of pyridine rings is 1. The third kappa shape index (κ3) is 3.73. The van der Waals surface area contributed by atoms with Gasteiger partial charge in [0, 0.05) is 32.2 Å². The minimum atomic E-state index is -0.0336. The molecule has 2 aliphatic rings. The van der Waals surface area contributed by atoms with Crippen molar-refractivity contribution in [3.8, 4) is 0 Å². The lowest BCUT2D eigenvalue weighted by Crippen LogP contribution is -2.43. The molecule has 1 aromatic heterocycles. The summed E-state index contributed by atoms with van der Waals surface area (Å²) >= 11 is 0. The summed E-state index contributed by atoms with van der Waals surface area (Å²) in [5.74, 6) is -0.0336. The molecule has 2 N–H and O–H groups in total. The van der Waals surface area contributed by atoms with E-state index in [0.29, 0.717) is 11.7 Å². The highest BCUT2D eigenvalue weighted by atomic mass is 16.1. The van der Waals surface area contributed by atoms with Crippen LogP contribution in [0.1, 0.15) is 42.6 Å². The fraction of sp³-hybridized carbons (Fsp3) is 0.625. The second-order valence-corrected chi connectivity index (χ2v) is 5.95. The van der Waals surface area contributed by atoms with Crippen LogP contribution in [-0.2, 0) is 0 Å². The third-order valence-electron chi connectivity index (χ3n) is 4.40. The van der Waals surface area contributed by atoms with E-state index < -0.39 is 0 Å². The average Bonchev–Trinajstić information content (AvgIpc) is 2.57. The minimum Gasteiger partial charge on any atom is -0.368 e. The Bertz CT molecular complexity index is 462. The molecule has 1 aliphatic carbocycles. The molecule has 0 radical (unpaired) electrons. The predicted molar refractivity (Wildman–Crippen MR) is 83.7 cm³/mol. The van der Waals surface area contributed by atoms with Gasteiger partial charge in [0.1, 0.15) is 5.69 Å². The normalized spacial score (nSPS) is 20.3. The predicted octanol–water partition coefficient (Wildman–Crippen LogP) is 1.55. The van der Waals surface area contributed by atoms with Crippen molar-refractivity contribution in [3.05, 3.63) is 24.0 Å². The highest BCUT2D eigenvalue weighted by molar-refractivity contribution is 5.92. The van der Waals surface area contributed by atoms with Gasteiger partial charge < -0.3 is 15.5 Å². The highest BCUT2D eigenvalue weighted by Crippen LogP contribution is 2.18. The fourth-order valence-corrected chi connectivity index (χ4v) is 3.14. The van der Waals surface area contributed by atoms with Crippen LogP contribution in [0.15, 0.2) is 18.3 Å². The summed E-state index contributed by atoms with van der Waals surface area (Å²) in [6, 6.07) is 4.18. The van der Waals surface area contributed by atoms with Gasteiger partial charge in [-0.15, -0.1) is 0 Å². The molecule has 0 aromatic carbocycles. The van der Waals surface area contributed by atoms with Crippen LogP contribution in [0.2, 0.25) is 0 Å². The summed E-state index contributed by atoms with van der Waals surface area (Å²) in [6.45, 7) is 4.00. The van der Waals surface area contributed by atoms with Gasteiger partial charge >= 0.3 is 0 Å². The van der Waals surface area contributed by atoms with E-state index in [1.165, 1.54) is 19.3 Å². The molecule has 1 amide bonds. The van der Waals surface area contributed by atoms with Crippen molar-refractivity contribution < 1.29 is 4.79 Å². The molecule has 0 unspecified atom stereocenters. The Morgan fingerprint density at radius 1 is 1.19 bits per heavy atom. The van der Waals surface area contributed by atoms with Crippen molar-refractivity contribution in [2.45, 2.75) is 38.1 Å². The zero-order valence-electron chi connectivity index (χ0n) is 12.5. The van der Waals surface area contributed by atoms with Crippen LogP contribution in [0.4, 0.5) is 5.69 Å². The van der Waals surface area contributed by atoms with E-state index in [9.17, 15) is 4.79 Å². The smallest absolute Gasteiger partial charge is 0.270 e. The van der Waals surface area contributed by atoms with E-state index in [1.807, 2.05) is 18.3 Å². The van der Waals surface area contributed by atoms with E-state index in [1.54, 1.807) is 0 Å². The molecule has 3 rings (SSSR count). The quantitative estimate of drug-likeness (QED) is 0.886. The second-order valence-electron chi connectivity index (χ2n) is 5.95. The first-order valence-electron chi connectivity index (χ1n) is 8.05. The fourth-order valence-electron chi connectivity index (χ4n) is 3.14. The first-order valence-corrected chi connectivity index (χ1v) is 8.05. The Hall–Kier alpha value is -1.62. The summed E-state index contributed by atoms with van der Waals surface area (Å²) in [7, 11) is 0. The van der Waals surface area contributed by atoms with Gasteiger partial charge in [-0.2, -0.15) is 0 Å². The number of hydrogen-bond donors (Lipinski definition) is 2. The third-order valence-corrected chi connectivity index (χ3v) is 4.40. The number of anilines is 1. The van der Waals surface area contributed by atoms with Crippen molar-refractivity contribution in [2.24, 2.45) is 0 Å². The molecule has 0 bridgehead atoms. The summed E-state index contributed by atoms with van der Waals surface area (Å²) < 4.78 is 0. The van der Waals surface area contributed by atoms with Gasteiger partial charge in [-0.3, -0.25) is 4.79 Å². The standard InChI is InChI=1S/C16H24N4O/c21-16(19-13-4-2-1-3-5-13)15-7-6-14(12-18-15)20-10-8-17-9-11-20/h6-7,12-13,17H,1-5,8-11H2,(H,19,21). The Morgan fingerprint density at radius 2 is 1.95 bits per heavy atom. The molecule has 1 aromatic rings. The molecule has 0 atom stereocenters. The first-order chi connectivity index (χ1) is 10.3. The molecule has 114 valence electrons. The number of hydrogen-bond acceptors (Lipinski definition) is 4. The number of nitrogens with one attached hydrogen (secondary N) is 2. The van der Waals surface area contributed by atoms with Crippen LogP contribution in [0.5, 0.6) is 0 Å². The number of nitrogens with zero attached hydrogens (tertiary/aromatic N) is 2. The van der Waals surface area contributed by atoms with Gasteiger partial charge in [0.2, 0.25) is 0 Å². The van der Waals surface area contributed by atoms with E-state index in [0.717, 1.165) is 44.7 Å². The molecular weight excluding hydrogens is 264 g/mol. The highest BCUT2D eigenvalue weighted by Gasteiger charge is 2.18. The maximum atomic E-state index is 12.2. The number of carbonyl (C=O) groups is 1. The van der Waals surface area contributed by atoms with Crippen LogP contribution in [-0.4, -0.2) is 43.1 Å². The van der Waals surface area contributed by atoms with Crippen LogP contribution < -0.4 is 15.5 Å². The molecule has 5 nitrogen and oxygen atoms in total. The van der Waals surface area contributed by atoms with Crippen molar-refractivity contribution in [2.75, 3.05) is 31.1 Å². The molecule has 21 heavy (non-hydrogen) atoms. The van der Waals surface area contributed by atoms with Crippen molar-refractivity contribution in [1.82, 2.24) is 15.6 Å². The lowest BCUT2D eigenvalue weighted by atomic mass is 9.95. The van der Waals surface area contributed by atoms with Crippen LogP contribution >= 0.6 is 0 Å². The average molecular weight is 288 g/mol. The molecule has 1 aliphatic heterocycles. The zero-order chi connectivity index (χ0) is 14.5. The summed E-state index contributed by atoms with van der Waals surface area (Å²) in [4.78, 5) is 18.8. The molecule has 5 heteroatoms. The van der Waals surface area contributed by atoms with Gasteiger partial charge in [-0.25, -0.2) is 4.98 Å². The van der Waals surface area contributed by atoms with E-state index in [2.05, 4.69) is 20.5 Å². The lowest BCUT2D eigenvalue weighted by molar-refractivity contribution is 0.0922. The van der Waals surface area contributed by atoms with Gasteiger partial charge in [0.25, 0.3) is 5.91 Å². The van der Waals surface area contributed by atoms with E-state index in [-0.39, 0.29) is 5.91 Å². The Morgan fingerprint density at radius 3 is 2.62 bits per heavy atom. The summed E-state index contributed by atoms with van der Waals surface area (Å²) in [5.41, 5.74) is 1.63. The summed E-state index contributed by atoms with van der Waals surface area (Å²) in [5, 5.41) is 6.44. The maximum Gasteiger partial charge on any atom is 0.270 e. The first kappa shape index (κ1) is 14.3. The number of carbonyl (C=O) groups excluding carboxylic acids is 1. The molecule has 0 spiro atoms. The Labute approximate surface area is 126 Å². The van der Waals surface area contributed by atoms with Gasteiger partial charge in [-0.1, -0.05) is 19.3 Å². The topological polar surface area (TPSA) is 57.3 Å². The molecule has 2 heterocycles. The van der Waals surface area contributed by atoms with E-state index in [4.69, 9.17) is 0 Å². The van der Waals surface area contributed by atoms with Gasteiger partial charge in [0.05, 0.1) is 11.9 Å². The van der Waals surface area contributed by atoms with Crippen LogP contribution in [0, 0.1) is 0 Å². The molecular formula is C16H24N4O. The number of rotatable bonds is 3. The van der Waals surface area contributed by atoms with Crippen LogP contribution in [0.3, 0.4) is 0 Å². The number of amides is 1. The van der Waals surface area contributed by atoms with Crippen LogP contribution in [0.25, 0.3) is 0 Å². The summed E-state index contributed by atoms with van der Waals surface area (Å²) in [6.07, 6.45) is 7.76. The Balaban J connectivity index is 1.58. The van der Waals surface area contributed by atoms with Crippen molar-refractivity contribution in [1.29, 1.82) is 0 Å². The van der Waals surface area contributed by atoms with Crippen molar-refractivity contribution >= 4 is 11.6 Å². The largest absolute Gasteiger partial charge is 0.368 e. The van der Waals surface area contributed by atoms with Crippen molar-refractivity contribution in [3.63, 3.8) is 0 Å². The number of aromatic nitrogens is 1. The molecule has 1 saturated carbocycles. The van der Waals surface area contributed by atoms with E-state index >= 15 is 0 Å². The SMILES string of the molecule is O=C(NC1CCCCC1)c1ccc(N2CCNCC2)cn1. The second kappa shape index (κ2) is 6.89. The maximum absolute atomic E-state index is 12.2. The van der Waals surface area contributed by atoms with Gasteiger partial charge in [0.15, 0.2) is 0 Å². The van der Waals surface area contributed by atoms with Gasteiger partial charge in [-0.05, 0) is 25.0 Å². The zero-order valence-corrected chi connectivity index (χ0v) is 12.5. The molecule has 2 fully saturated rings. The lowest BCUT2D eigenvalue weighted by Gasteiger charge is -2.29. The minimum absolute atomic E-state index is 0.0336. The Kier molecular flexibility index (Phi) is 4.70. The monoisotopic (exact) mass is 288 g/mol.